The highest BCUT2D eigenvalue weighted by molar-refractivity contribution is 9.10. The summed E-state index contributed by atoms with van der Waals surface area (Å²) in [6, 6.07) is 10.8. The molecule has 2 aromatic carbocycles. The number of unbranched alkanes of at least 4 members (excludes halogenated alkanes) is 1. The van der Waals surface area contributed by atoms with E-state index in [1.165, 1.54) is 6.21 Å². The van der Waals surface area contributed by atoms with Crippen LogP contribution in [-0.4, -0.2) is 37.1 Å². The third-order valence-corrected chi connectivity index (χ3v) is 5.01. The van der Waals surface area contributed by atoms with E-state index in [4.69, 9.17) is 4.74 Å². The lowest BCUT2D eigenvalue weighted by Crippen LogP contribution is -2.38. The van der Waals surface area contributed by atoms with E-state index in [2.05, 4.69) is 37.1 Å². The van der Waals surface area contributed by atoms with Crippen LogP contribution in [0.2, 0.25) is 0 Å². The number of nitrogens with zero attached hydrogens (tertiary/aromatic N) is 1. The molecule has 170 valence electrons. The van der Waals surface area contributed by atoms with Gasteiger partial charge in [-0.2, -0.15) is 5.10 Å². The lowest BCUT2D eigenvalue weighted by atomic mass is 10.1. The largest absolute Gasteiger partial charge is 0.483 e. The van der Waals surface area contributed by atoms with E-state index >= 15 is 0 Å². The number of carbonyl (C=O) groups excluding carboxylic acids is 3. The molecule has 0 aliphatic rings. The van der Waals surface area contributed by atoms with Crippen molar-refractivity contribution in [1.82, 2.24) is 10.7 Å². The van der Waals surface area contributed by atoms with Gasteiger partial charge in [-0.05, 0) is 61.7 Å². The molecular weight excluding hydrogens is 476 g/mol. The number of amides is 3. The van der Waals surface area contributed by atoms with Gasteiger partial charge in [-0.1, -0.05) is 35.3 Å². The van der Waals surface area contributed by atoms with Crippen molar-refractivity contribution >= 4 is 45.6 Å². The number of ether oxygens (including phenoxy) is 1. The van der Waals surface area contributed by atoms with Crippen molar-refractivity contribution in [2.24, 2.45) is 5.10 Å². The summed E-state index contributed by atoms with van der Waals surface area (Å²) in [7, 11) is 0. The number of hydrogen-bond donors (Lipinski definition) is 3. The summed E-state index contributed by atoms with van der Waals surface area (Å²) >= 11 is 3.36. The number of rotatable bonds is 9. The Morgan fingerprint density at radius 2 is 1.84 bits per heavy atom. The number of aryl methyl sites for hydroxylation is 2. The smallest absolute Gasteiger partial charge is 0.329 e. The Morgan fingerprint density at radius 3 is 2.56 bits per heavy atom. The van der Waals surface area contributed by atoms with Crippen molar-refractivity contribution in [3.63, 3.8) is 0 Å². The summed E-state index contributed by atoms with van der Waals surface area (Å²) in [6.07, 6.45) is 3.05. The first-order valence-corrected chi connectivity index (χ1v) is 11.0. The maximum absolute atomic E-state index is 12.3. The maximum atomic E-state index is 12.3. The van der Waals surface area contributed by atoms with Crippen molar-refractivity contribution < 1.29 is 19.1 Å². The molecule has 0 fully saturated rings. The predicted octanol–water partition coefficient (Wildman–Crippen LogP) is 3.45. The zero-order valence-corrected chi connectivity index (χ0v) is 19.9. The Labute approximate surface area is 195 Å². The van der Waals surface area contributed by atoms with Crippen molar-refractivity contribution in [2.75, 3.05) is 18.5 Å². The maximum Gasteiger partial charge on any atom is 0.329 e. The van der Waals surface area contributed by atoms with Crippen LogP contribution in [0.1, 0.15) is 36.5 Å². The quantitative estimate of drug-likeness (QED) is 0.211. The average molecular weight is 503 g/mol. The Balaban J connectivity index is 1.94. The second-order valence-corrected chi connectivity index (χ2v) is 8.04. The van der Waals surface area contributed by atoms with Gasteiger partial charge in [-0.25, -0.2) is 5.43 Å². The van der Waals surface area contributed by atoms with Gasteiger partial charge >= 0.3 is 11.8 Å². The highest BCUT2D eigenvalue weighted by Crippen LogP contribution is 2.22. The van der Waals surface area contributed by atoms with Gasteiger partial charge in [0.25, 0.3) is 5.91 Å². The number of benzene rings is 2. The van der Waals surface area contributed by atoms with Gasteiger partial charge in [-0.15, -0.1) is 0 Å². The van der Waals surface area contributed by atoms with E-state index in [-0.39, 0.29) is 12.5 Å². The normalized spacial score (nSPS) is 10.6. The van der Waals surface area contributed by atoms with E-state index in [1.807, 2.05) is 39.0 Å². The topological polar surface area (TPSA) is 109 Å². The minimum absolute atomic E-state index is 0.207. The first-order valence-electron chi connectivity index (χ1n) is 10.2. The molecule has 0 saturated heterocycles. The van der Waals surface area contributed by atoms with Gasteiger partial charge < -0.3 is 15.4 Å². The van der Waals surface area contributed by atoms with E-state index in [9.17, 15) is 14.4 Å². The fourth-order valence-electron chi connectivity index (χ4n) is 2.58. The van der Waals surface area contributed by atoms with Gasteiger partial charge in [0.05, 0.1) is 6.21 Å². The molecule has 0 bridgehead atoms. The van der Waals surface area contributed by atoms with Crippen LogP contribution >= 0.6 is 15.9 Å². The molecule has 3 N–H and O–H groups in total. The van der Waals surface area contributed by atoms with Crippen molar-refractivity contribution in [2.45, 2.75) is 33.6 Å². The highest BCUT2D eigenvalue weighted by atomic mass is 79.9. The Morgan fingerprint density at radius 1 is 1.06 bits per heavy atom. The van der Waals surface area contributed by atoms with Crippen molar-refractivity contribution in [3.8, 4) is 5.75 Å². The zero-order chi connectivity index (χ0) is 23.5. The Kier molecular flexibility index (Phi) is 9.87. The zero-order valence-electron chi connectivity index (χ0n) is 18.3. The summed E-state index contributed by atoms with van der Waals surface area (Å²) in [6.45, 7) is 6.19. The number of nitrogens with one attached hydrogen (secondary N) is 3. The lowest BCUT2D eigenvalue weighted by Gasteiger charge is -2.11. The van der Waals surface area contributed by atoms with Crippen LogP contribution in [0.3, 0.4) is 0 Å². The standard InChI is InChI=1S/C23H27BrN4O4/c1-4-5-10-25-22(30)23(31)28-26-13-17-12-18(24)7-9-20(17)32-14-21(29)27-19-8-6-15(2)16(3)11-19/h6-9,11-13H,4-5,10,14H2,1-3H3,(H,25,30)(H,27,29)(H,28,31)/b26-13-. The molecule has 0 aliphatic heterocycles. The van der Waals surface area contributed by atoms with Crippen molar-refractivity contribution in [1.29, 1.82) is 0 Å². The Hall–Kier alpha value is -3.20. The number of anilines is 1. The summed E-state index contributed by atoms with van der Waals surface area (Å²) in [5.41, 5.74) is 5.61. The van der Waals surface area contributed by atoms with Crippen molar-refractivity contribution in [3.05, 3.63) is 57.6 Å². The summed E-state index contributed by atoms with van der Waals surface area (Å²) in [5.74, 6) is -1.52. The molecule has 3 amide bonds. The van der Waals surface area contributed by atoms with E-state index < -0.39 is 11.8 Å². The fraction of sp³-hybridized carbons (Fsp3) is 0.304. The van der Waals surface area contributed by atoms with Crippen LogP contribution < -0.4 is 20.8 Å². The predicted molar refractivity (Wildman–Crippen MR) is 128 cm³/mol. The lowest BCUT2D eigenvalue weighted by molar-refractivity contribution is -0.139. The molecule has 2 aromatic rings. The molecule has 9 heteroatoms. The number of hydrogen-bond acceptors (Lipinski definition) is 5. The monoisotopic (exact) mass is 502 g/mol. The molecule has 32 heavy (non-hydrogen) atoms. The summed E-state index contributed by atoms with van der Waals surface area (Å²) in [4.78, 5) is 35.7. The second-order valence-electron chi connectivity index (χ2n) is 7.13. The molecule has 0 radical (unpaired) electrons. The van der Waals surface area contributed by atoms with Crippen LogP contribution in [0.4, 0.5) is 5.69 Å². The number of carbonyl (C=O) groups is 3. The molecule has 8 nitrogen and oxygen atoms in total. The summed E-state index contributed by atoms with van der Waals surface area (Å²) < 4.78 is 6.39. The van der Waals surface area contributed by atoms with Crippen LogP contribution in [-0.2, 0) is 14.4 Å². The molecule has 0 aromatic heterocycles. The van der Waals surface area contributed by atoms with Gasteiger partial charge in [0.15, 0.2) is 6.61 Å². The molecule has 2 rings (SSSR count). The van der Waals surface area contributed by atoms with Gasteiger partial charge in [0, 0.05) is 22.3 Å². The third kappa shape index (κ3) is 8.14. The van der Waals surface area contributed by atoms with Crippen LogP contribution in [0.15, 0.2) is 46.0 Å². The van der Waals surface area contributed by atoms with Crippen LogP contribution in [0.5, 0.6) is 5.75 Å². The molecule has 0 saturated carbocycles. The molecular formula is C23H27BrN4O4. The third-order valence-electron chi connectivity index (χ3n) is 4.51. The van der Waals surface area contributed by atoms with Gasteiger partial charge in [-0.3, -0.25) is 14.4 Å². The molecule has 0 spiro atoms. The second kappa shape index (κ2) is 12.6. The minimum Gasteiger partial charge on any atom is -0.483 e. The van der Waals surface area contributed by atoms with Gasteiger partial charge in [0.1, 0.15) is 5.75 Å². The fourth-order valence-corrected chi connectivity index (χ4v) is 2.96. The van der Waals surface area contributed by atoms with E-state index in [1.54, 1.807) is 18.2 Å². The van der Waals surface area contributed by atoms with Gasteiger partial charge in [0.2, 0.25) is 0 Å². The molecule has 0 heterocycles. The first-order chi connectivity index (χ1) is 15.3. The SMILES string of the molecule is CCCCNC(=O)C(=O)N/N=C\c1cc(Br)ccc1OCC(=O)Nc1ccc(C)c(C)c1. The number of halogens is 1. The molecule has 0 unspecified atom stereocenters. The molecule has 0 aliphatic carbocycles. The van der Waals surface area contributed by atoms with Crippen LogP contribution in [0, 0.1) is 13.8 Å². The first kappa shape index (κ1) is 25.1. The average Bonchev–Trinajstić information content (AvgIpc) is 2.75. The minimum atomic E-state index is -0.859. The number of hydrazone groups is 1. The Bertz CT molecular complexity index is 1010. The van der Waals surface area contributed by atoms with E-state index in [0.29, 0.717) is 23.5 Å². The summed E-state index contributed by atoms with van der Waals surface area (Å²) in [5, 5.41) is 9.12. The highest BCUT2D eigenvalue weighted by Gasteiger charge is 2.12. The molecule has 0 atom stereocenters. The van der Waals surface area contributed by atoms with Crippen LogP contribution in [0.25, 0.3) is 0 Å². The van der Waals surface area contributed by atoms with E-state index in [0.717, 1.165) is 28.4 Å².